The van der Waals surface area contributed by atoms with Crippen molar-refractivity contribution in [1.29, 1.82) is 0 Å². The third kappa shape index (κ3) is 3.88. The summed E-state index contributed by atoms with van der Waals surface area (Å²) in [5, 5.41) is 6.78. The van der Waals surface area contributed by atoms with Gasteiger partial charge in [0.05, 0.1) is 11.9 Å². The standard InChI is InChI=1S/C17H13FN4O/c18-14-5-2-13(3-6-14)4-9-17(23)21-15-7-8-16(19-12-15)22-11-1-10-20-22/h1-12H,(H,21,23)/b9-4+. The quantitative estimate of drug-likeness (QED) is 0.754. The van der Waals surface area contributed by atoms with E-state index in [-0.39, 0.29) is 11.7 Å². The molecule has 3 rings (SSSR count). The number of nitrogens with one attached hydrogen (secondary N) is 1. The number of hydrogen-bond acceptors (Lipinski definition) is 3. The maximum atomic E-state index is 12.8. The molecule has 2 aromatic heterocycles. The zero-order valence-electron chi connectivity index (χ0n) is 12.1. The maximum absolute atomic E-state index is 12.8. The molecule has 0 radical (unpaired) electrons. The molecule has 23 heavy (non-hydrogen) atoms. The molecule has 0 spiro atoms. The molecule has 0 saturated heterocycles. The van der Waals surface area contributed by atoms with Crippen LogP contribution in [0.15, 0.2) is 67.1 Å². The fraction of sp³-hybridized carbons (Fsp3) is 0. The molecule has 5 nitrogen and oxygen atoms in total. The van der Waals surface area contributed by atoms with Gasteiger partial charge in [0.25, 0.3) is 0 Å². The minimum absolute atomic E-state index is 0.289. The maximum Gasteiger partial charge on any atom is 0.248 e. The van der Waals surface area contributed by atoms with Crippen LogP contribution in [0.4, 0.5) is 10.1 Å². The average Bonchev–Trinajstić information content (AvgIpc) is 3.09. The Bertz CT molecular complexity index is 809. The second kappa shape index (κ2) is 6.65. The number of anilines is 1. The first-order chi connectivity index (χ1) is 11.2. The van der Waals surface area contributed by atoms with E-state index in [1.54, 1.807) is 59.7 Å². The lowest BCUT2D eigenvalue weighted by molar-refractivity contribution is -0.111. The number of rotatable bonds is 4. The van der Waals surface area contributed by atoms with Gasteiger partial charge in [-0.05, 0) is 42.0 Å². The normalized spacial score (nSPS) is 10.8. The first-order valence-corrected chi connectivity index (χ1v) is 6.91. The van der Waals surface area contributed by atoms with Gasteiger partial charge in [-0.3, -0.25) is 4.79 Å². The van der Waals surface area contributed by atoms with E-state index >= 15 is 0 Å². The van der Waals surface area contributed by atoms with Crippen molar-refractivity contribution in [3.8, 4) is 5.82 Å². The summed E-state index contributed by atoms with van der Waals surface area (Å²) in [4.78, 5) is 16.1. The summed E-state index contributed by atoms with van der Waals surface area (Å²) >= 11 is 0. The van der Waals surface area contributed by atoms with Gasteiger partial charge in [-0.1, -0.05) is 12.1 Å². The van der Waals surface area contributed by atoms with E-state index in [9.17, 15) is 9.18 Å². The highest BCUT2D eigenvalue weighted by molar-refractivity contribution is 6.01. The fourth-order valence-electron chi connectivity index (χ4n) is 1.93. The monoisotopic (exact) mass is 308 g/mol. The fourth-order valence-corrected chi connectivity index (χ4v) is 1.93. The van der Waals surface area contributed by atoms with Gasteiger partial charge in [0.1, 0.15) is 5.82 Å². The molecule has 0 aliphatic heterocycles. The largest absolute Gasteiger partial charge is 0.321 e. The van der Waals surface area contributed by atoms with Crippen LogP contribution in [0, 0.1) is 5.82 Å². The Morgan fingerprint density at radius 3 is 2.65 bits per heavy atom. The number of halogens is 1. The predicted molar refractivity (Wildman–Crippen MR) is 85.4 cm³/mol. The molecule has 0 unspecified atom stereocenters. The van der Waals surface area contributed by atoms with Crippen LogP contribution in [0.5, 0.6) is 0 Å². The van der Waals surface area contributed by atoms with E-state index in [0.717, 1.165) is 5.56 Å². The first kappa shape index (κ1) is 14.6. The molecule has 2 heterocycles. The lowest BCUT2D eigenvalue weighted by Crippen LogP contribution is -2.08. The molecule has 0 fully saturated rings. The van der Waals surface area contributed by atoms with Crippen molar-refractivity contribution in [3.63, 3.8) is 0 Å². The number of hydrogen-bond donors (Lipinski definition) is 1. The van der Waals surface area contributed by atoms with Gasteiger partial charge in [0.2, 0.25) is 5.91 Å². The van der Waals surface area contributed by atoms with Crippen molar-refractivity contribution >= 4 is 17.7 Å². The Kier molecular flexibility index (Phi) is 4.24. The molecule has 1 aromatic carbocycles. The van der Waals surface area contributed by atoms with E-state index in [1.807, 2.05) is 0 Å². The molecule has 1 amide bonds. The van der Waals surface area contributed by atoms with Crippen molar-refractivity contribution in [2.45, 2.75) is 0 Å². The van der Waals surface area contributed by atoms with E-state index < -0.39 is 0 Å². The molecular formula is C17H13FN4O. The minimum Gasteiger partial charge on any atom is -0.321 e. The number of pyridine rings is 1. The summed E-state index contributed by atoms with van der Waals surface area (Å²) in [7, 11) is 0. The Morgan fingerprint density at radius 1 is 1.17 bits per heavy atom. The van der Waals surface area contributed by atoms with E-state index in [4.69, 9.17) is 0 Å². The molecular weight excluding hydrogens is 295 g/mol. The van der Waals surface area contributed by atoms with E-state index in [1.165, 1.54) is 18.2 Å². The molecule has 3 aromatic rings. The smallest absolute Gasteiger partial charge is 0.248 e. The summed E-state index contributed by atoms with van der Waals surface area (Å²) < 4.78 is 14.4. The number of aromatic nitrogens is 3. The van der Waals surface area contributed by atoms with Crippen molar-refractivity contribution in [1.82, 2.24) is 14.8 Å². The Hall–Kier alpha value is -3.28. The number of nitrogens with zero attached hydrogens (tertiary/aromatic N) is 3. The summed E-state index contributed by atoms with van der Waals surface area (Å²) in [6.07, 6.45) is 8.00. The lowest BCUT2D eigenvalue weighted by Gasteiger charge is -2.04. The highest BCUT2D eigenvalue weighted by Crippen LogP contribution is 2.10. The third-order valence-electron chi connectivity index (χ3n) is 3.05. The van der Waals surface area contributed by atoms with Gasteiger partial charge >= 0.3 is 0 Å². The summed E-state index contributed by atoms with van der Waals surface area (Å²) in [6.45, 7) is 0. The predicted octanol–water partition coefficient (Wildman–Crippen LogP) is 3.06. The van der Waals surface area contributed by atoms with Gasteiger partial charge in [-0.25, -0.2) is 14.1 Å². The van der Waals surface area contributed by atoms with Crippen LogP contribution in [0.25, 0.3) is 11.9 Å². The second-order valence-electron chi connectivity index (χ2n) is 4.73. The molecule has 0 saturated carbocycles. The van der Waals surface area contributed by atoms with Gasteiger partial charge in [-0.2, -0.15) is 5.10 Å². The van der Waals surface area contributed by atoms with Crippen molar-refractivity contribution in [3.05, 3.63) is 78.5 Å². The molecule has 1 N–H and O–H groups in total. The second-order valence-corrected chi connectivity index (χ2v) is 4.73. The van der Waals surface area contributed by atoms with E-state index in [0.29, 0.717) is 11.5 Å². The lowest BCUT2D eigenvalue weighted by atomic mass is 10.2. The van der Waals surface area contributed by atoms with Gasteiger partial charge in [0, 0.05) is 18.5 Å². The summed E-state index contributed by atoms with van der Waals surface area (Å²) in [6, 6.07) is 11.2. The molecule has 0 atom stereocenters. The first-order valence-electron chi connectivity index (χ1n) is 6.91. The average molecular weight is 308 g/mol. The SMILES string of the molecule is O=C(/C=C/c1ccc(F)cc1)Nc1ccc(-n2cccn2)nc1. The van der Waals surface area contributed by atoms with Crippen molar-refractivity contribution < 1.29 is 9.18 Å². The minimum atomic E-state index is -0.310. The molecule has 0 aliphatic rings. The van der Waals surface area contributed by atoms with Crippen LogP contribution >= 0.6 is 0 Å². The van der Waals surface area contributed by atoms with Crippen LogP contribution in [-0.2, 0) is 4.79 Å². The van der Waals surface area contributed by atoms with Crippen molar-refractivity contribution in [2.24, 2.45) is 0 Å². The van der Waals surface area contributed by atoms with Gasteiger partial charge < -0.3 is 5.32 Å². The molecule has 0 bridgehead atoms. The van der Waals surface area contributed by atoms with Crippen LogP contribution in [0.3, 0.4) is 0 Å². The highest BCUT2D eigenvalue weighted by atomic mass is 19.1. The van der Waals surface area contributed by atoms with Crippen LogP contribution in [0.2, 0.25) is 0 Å². The van der Waals surface area contributed by atoms with E-state index in [2.05, 4.69) is 15.4 Å². The van der Waals surface area contributed by atoms with Gasteiger partial charge in [0.15, 0.2) is 5.82 Å². The number of carbonyl (C=O) groups is 1. The molecule has 114 valence electrons. The van der Waals surface area contributed by atoms with Crippen LogP contribution in [0.1, 0.15) is 5.56 Å². The number of amides is 1. The topological polar surface area (TPSA) is 59.8 Å². The zero-order chi connectivity index (χ0) is 16.1. The number of carbonyl (C=O) groups excluding carboxylic acids is 1. The Morgan fingerprint density at radius 2 is 2.00 bits per heavy atom. The molecule has 0 aliphatic carbocycles. The van der Waals surface area contributed by atoms with Crippen LogP contribution in [-0.4, -0.2) is 20.7 Å². The van der Waals surface area contributed by atoms with Crippen molar-refractivity contribution in [2.75, 3.05) is 5.32 Å². The van der Waals surface area contributed by atoms with Crippen LogP contribution < -0.4 is 5.32 Å². The zero-order valence-corrected chi connectivity index (χ0v) is 12.1. The highest BCUT2D eigenvalue weighted by Gasteiger charge is 2.01. The Labute approximate surface area is 132 Å². The summed E-state index contributed by atoms with van der Waals surface area (Å²) in [5.41, 5.74) is 1.32. The summed E-state index contributed by atoms with van der Waals surface area (Å²) in [5.74, 6) is 0.0627. The number of benzene rings is 1. The molecule has 6 heteroatoms. The van der Waals surface area contributed by atoms with Gasteiger partial charge in [-0.15, -0.1) is 0 Å². The Balaban J connectivity index is 1.62. The third-order valence-corrected chi connectivity index (χ3v) is 3.05.